The second-order valence-electron chi connectivity index (χ2n) is 7.73. The van der Waals surface area contributed by atoms with E-state index in [4.69, 9.17) is 10.5 Å². The fourth-order valence-corrected chi connectivity index (χ4v) is 5.18. The van der Waals surface area contributed by atoms with E-state index >= 15 is 0 Å². The fraction of sp³-hybridized carbons (Fsp3) is 1.00. The highest BCUT2D eigenvalue weighted by Crippen LogP contribution is 2.51. The predicted molar refractivity (Wildman–Crippen MR) is 78.9 cm³/mol. The third-order valence-electron chi connectivity index (χ3n) is 6.64. The summed E-state index contributed by atoms with van der Waals surface area (Å²) in [6.07, 6.45) is 12.0. The molecule has 0 heterocycles. The first-order valence-electron chi connectivity index (χ1n) is 8.43. The number of nitrogens with two attached hydrogens (primary N) is 1. The molecule has 0 aromatic carbocycles. The first kappa shape index (κ1) is 13.9. The van der Waals surface area contributed by atoms with Crippen molar-refractivity contribution in [1.29, 1.82) is 0 Å². The lowest BCUT2D eigenvalue weighted by Gasteiger charge is -2.44. The van der Waals surface area contributed by atoms with Crippen LogP contribution in [0.4, 0.5) is 0 Å². The average Bonchev–Trinajstić information content (AvgIpc) is 3.02. The molecule has 0 radical (unpaired) electrons. The number of fused-ring (bicyclic) bond motifs is 2. The van der Waals surface area contributed by atoms with Crippen molar-refractivity contribution in [1.82, 2.24) is 0 Å². The number of hydrogen-bond donors (Lipinski definition) is 1. The Morgan fingerprint density at radius 1 is 1.16 bits per heavy atom. The van der Waals surface area contributed by atoms with Gasteiger partial charge in [0.2, 0.25) is 0 Å². The molecule has 0 aromatic heterocycles. The maximum absolute atomic E-state index is 6.63. The van der Waals surface area contributed by atoms with Crippen molar-refractivity contribution in [2.45, 2.75) is 76.4 Å². The molecule has 110 valence electrons. The zero-order valence-corrected chi connectivity index (χ0v) is 12.7. The summed E-state index contributed by atoms with van der Waals surface area (Å²) in [7, 11) is 1.89. The van der Waals surface area contributed by atoms with Crippen LogP contribution in [-0.2, 0) is 4.74 Å². The average molecular weight is 265 g/mol. The van der Waals surface area contributed by atoms with Crippen LogP contribution < -0.4 is 5.73 Å². The number of hydrogen-bond acceptors (Lipinski definition) is 2. The molecule has 0 amide bonds. The van der Waals surface area contributed by atoms with E-state index < -0.39 is 0 Å². The summed E-state index contributed by atoms with van der Waals surface area (Å²) in [6.45, 7) is 2.36. The summed E-state index contributed by atoms with van der Waals surface area (Å²) in [5.41, 5.74) is 6.62. The zero-order chi connectivity index (χ0) is 13.5. The zero-order valence-electron chi connectivity index (χ0n) is 12.7. The second-order valence-corrected chi connectivity index (χ2v) is 7.73. The van der Waals surface area contributed by atoms with Gasteiger partial charge in [0, 0.05) is 13.2 Å². The lowest BCUT2D eigenvalue weighted by molar-refractivity contribution is -0.0718. The molecule has 0 aromatic rings. The largest absolute Gasteiger partial charge is 0.377 e. The van der Waals surface area contributed by atoms with Crippen LogP contribution in [-0.4, -0.2) is 18.8 Å². The SMILES string of the molecule is COC1(C(N)CC2CC3CCC2C3)CCC(C)CC1. The van der Waals surface area contributed by atoms with Crippen molar-refractivity contribution in [3.8, 4) is 0 Å². The molecule has 4 unspecified atom stereocenters. The first-order chi connectivity index (χ1) is 9.13. The van der Waals surface area contributed by atoms with E-state index in [0.29, 0.717) is 0 Å². The monoisotopic (exact) mass is 265 g/mol. The summed E-state index contributed by atoms with van der Waals surface area (Å²) in [6, 6.07) is 0.259. The van der Waals surface area contributed by atoms with Gasteiger partial charge >= 0.3 is 0 Å². The van der Waals surface area contributed by atoms with Gasteiger partial charge in [-0.05, 0) is 75.0 Å². The van der Waals surface area contributed by atoms with E-state index in [0.717, 1.165) is 23.7 Å². The van der Waals surface area contributed by atoms with Crippen molar-refractivity contribution in [3.05, 3.63) is 0 Å². The van der Waals surface area contributed by atoms with Gasteiger partial charge in [-0.2, -0.15) is 0 Å². The molecular formula is C17H31NO. The minimum absolute atomic E-state index is 0.00561. The molecule has 3 aliphatic rings. The van der Waals surface area contributed by atoms with Crippen molar-refractivity contribution >= 4 is 0 Å². The summed E-state index contributed by atoms with van der Waals surface area (Å²) >= 11 is 0. The number of rotatable bonds is 4. The molecular weight excluding hydrogens is 234 g/mol. The summed E-state index contributed by atoms with van der Waals surface area (Å²) in [5, 5.41) is 0. The topological polar surface area (TPSA) is 35.2 Å². The van der Waals surface area contributed by atoms with Gasteiger partial charge in [-0.25, -0.2) is 0 Å². The minimum atomic E-state index is -0.00561. The van der Waals surface area contributed by atoms with Crippen LogP contribution in [0.3, 0.4) is 0 Å². The standard InChI is InChI=1S/C17H31NO/c1-12-5-7-17(19-2,8-6-12)16(18)11-15-10-13-3-4-14(15)9-13/h12-16H,3-11,18H2,1-2H3. The Morgan fingerprint density at radius 3 is 2.42 bits per heavy atom. The van der Waals surface area contributed by atoms with Crippen molar-refractivity contribution in [2.24, 2.45) is 29.4 Å². The Hall–Kier alpha value is -0.0800. The van der Waals surface area contributed by atoms with Gasteiger partial charge in [0.15, 0.2) is 0 Å². The lowest BCUT2D eigenvalue weighted by atomic mass is 9.72. The van der Waals surface area contributed by atoms with Gasteiger partial charge in [-0.15, -0.1) is 0 Å². The van der Waals surface area contributed by atoms with Crippen LogP contribution in [0.5, 0.6) is 0 Å². The summed E-state index contributed by atoms with van der Waals surface area (Å²) in [4.78, 5) is 0. The van der Waals surface area contributed by atoms with Crippen LogP contribution >= 0.6 is 0 Å². The highest BCUT2D eigenvalue weighted by atomic mass is 16.5. The normalized spacial score (nSPS) is 47.5. The molecule has 2 bridgehead atoms. The van der Waals surface area contributed by atoms with Crippen LogP contribution in [0.25, 0.3) is 0 Å². The van der Waals surface area contributed by atoms with Crippen LogP contribution in [0.2, 0.25) is 0 Å². The molecule has 3 aliphatic carbocycles. The molecule has 3 saturated carbocycles. The minimum Gasteiger partial charge on any atom is -0.377 e. The second kappa shape index (κ2) is 5.37. The Bertz CT molecular complexity index is 308. The van der Waals surface area contributed by atoms with E-state index in [2.05, 4.69) is 6.92 Å². The van der Waals surface area contributed by atoms with E-state index in [1.54, 1.807) is 0 Å². The van der Waals surface area contributed by atoms with Gasteiger partial charge in [0.25, 0.3) is 0 Å². The highest BCUT2D eigenvalue weighted by molar-refractivity contribution is 4.99. The third kappa shape index (κ3) is 2.58. The fourth-order valence-electron chi connectivity index (χ4n) is 5.18. The van der Waals surface area contributed by atoms with Crippen molar-refractivity contribution < 1.29 is 4.74 Å². The number of methoxy groups -OCH3 is 1. The third-order valence-corrected chi connectivity index (χ3v) is 6.64. The van der Waals surface area contributed by atoms with E-state index in [-0.39, 0.29) is 11.6 Å². The van der Waals surface area contributed by atoms with E-state index in [1.807, 2.05) is 7.11 Å². The molecule has 2 heteroatoms. The quantitative estimate of drug-likeness (QED) is 0.840. The summed E-state index contributed by atoms with van der Waals surface area (Å²) in [5.74, 6) is 3.79. The van der Waals surface area contributed by atoms with Crippen LogP contribution in [0, 0.1) is 23.7 Å². The van der Waals surface area contributed by atoms with Gasteiger partial charge in [-0.1, -0.05) is 13.3 Å². The lowest BCUT2D eigenvalue weighted by Crippen LogP contribution is -2.52. The van der Waals surface area contributed by atoms with Gasteiger partial charge in [0.05, 0.1) is 5.60 Å². The molecule has 0 aliphatic heterocycles. The maximum Gasteiger partial charge on any atom is 0.0829 e. The Kier molecular flexibility index (Phi) is 3.92. The van der Waals surface area contributed by atoms with Crippen LogP contribution in [0.15, 0.2) is 0 Å². The molecule has 0 saturated heterocycles. The van der Waals surface area contributed by atoms with Gasteiger partial charge < -0.3 is 10.5 Å². The molecule has 0 spiro atoms. The molecule has 4 atom stereocenters. The Labute approximate surface area is 118 Å². The van der Waals surface area contributed by atoms with Gasteiger partial charge in [0.1, 0.15) is 0 Å². The highest BCUT2D eigenvalue weighted by Gasteiger charge is 2.45. The molecule has 2 N–H and O–H groups in total. The first-order valence-corrected chi connectivity index (χ1v) is 8.43. The molecule has 3 fully saturated rings. The molecule has 3 rings (SSSR count). The van der Waals surface area contributed by atoms with Crippen LogP contribution in [0.1, 0.15) is 64.7 Å². The molecule has 19 heavy (non-hydrogen) atoms. The predicted octanol–water partition coefficient (Wildman–Crippen LogP) is 3.74. The molecule has 2 nitrogen and oxygen atoms in total. The Balaban J connectivity index is 1.60. The number of ether oxygens (including phenoxy) is 1. The summed E-state index contributed by atoms with van der Waals surface area (Å²) < 4.78 is 5.95. The van der Waals surface area contributed by atoms with Crippen molar-refractivity contribution in [3.63, 3.8) is 0 Å². The smallest absolute Gasteiger partial charge is 0.0829 e. The van der Waals surface area contributed by atoms with Gasteiger partial charge in [-0.3, -0.25) is 0 Å². The van der Waals surface area contributed by atoms with E-state index in [1.165, 1.54) is 57.8 Å². The maximum atomic E-state index is 6.63. The Morgan fingerprint density at radius 2 is 1.89 bits per heavy atom. The van der Waals surface area contributed by atoms with Crippen molar-refractivity contribution in [2.75, 3.05) is 7.11 Å². The van der Waals surface area contributed by atoms with E-state index in [9.17, 15) is 0 Å².